The highest BCUT2D eigenvalue weighted by atomic mass is 16.5. The average Bonchev–Trinajstić information content (AvgIpc) is 2.79. The van der Waals surface area contributed by atoms with Gasteiger partial charge in [-0.25, -0.2) is 0 Å². The molecule has 4 rings (SSSR count). The van der Waals surface area contributed by atoms with Gasteiger partial charge in [0.05, 0.1) is 11.0 Å². The van der Waals surface area contributed by atoms with Crippen LogP contribution in [0.2, 0.25) is 0 Å². The second-order valence-corrected chi connectivity index (χ2v) is 8.96. The summed E-state index contributed by atoms with van der Waals surface area (Å²) in [4.78, 5) is 23.7. The van der Waals surface area contributed by atoms with Crippen LogP contribution in [-0.4, -0.2) is 28.6 Å². The van der Waals surface area contributed by atoms with E-state index in [1.165, 1.54) is 12.5 Å². The summed E-state index contributed by atoms with van der Waals surface area (Å²) in [5, 5.41) is 11.5. The fourth-order valence-electron chi connectivity index (χ4n) is 6.23. The summed E-state index contributed by atoms with van der Waals surface area (Å²) in [7, 11) is 0. The summed E-state index contributed by atoms with van der Waals surface area (Å²) in [5.41, 5.74) is -0.266. The monoisotopic (exact) mass is 344 g/mol. The first-order chi connectivity index (χ1) is 11.7. The Balaban J connectivity index is 1.66. The molecule has 4 nitrogen and oxygen atoms in total. The SMILES string of the molecule is CC(=O)O[C@H]1CC[C@@]2(C)C(=CC[C@@H]3[C@@H]2CC[C@]2(C)C(=O)C=C[C@]32O)C1. The minimum Gasteiger partial charge on any atom is -0.462 e. The molecule has 6 atom stereocenters. The largest absolute Gasteiger partial charge is 0.462 e. The van der Waals surface area contributed by atoms with E-state index in [4.69, 9.17) is 4.74 Å². The highest BCUT2D eigenvalue weighted by Crippen LogP contribution is 2.64. The number of fused-ring (bicyclic) bond motifs is 5. The van der Waals surface area contributed by atoms with Crippen molar-refractivity contribution in [2.24, 2.45) is 22.7 Å². The maximum Gasteiger partial charge on any atom is 0.302 e. The Labute approximate surface area is 149 Å². The van der Waals surface area contributed by atoms with Gasteiger partial charge in [-0.15, -0.1) is 0 Å². The number of ether oxygens (including phenoxy) is 1. The maximum atomic E-state index is 12.4. The first kappa shape index (κ1) is 17.0. The third-order valence-electron chi connectivity index (χ3n) is 7.86. The average molecular weight is 344 g/mol. The van der Waals surface area contributed by atoms with Gasteiger partial charge in [0, 0.05) is 13.3 Å². The van der Waals surface area contributed by atoms with E-state index in [1.54, 1.807) is 12.2 Å². The van der Waals surface area contributed by atoms with Crippen LogP contribution in [-0.2, 0) is 14.3 Å². The molecule has 2 fully saturated rings. The van der Waals surface area contributed by atoms with Crippen LogP contribution in [0.4, 0.5) is 0 Å². The van der Waals surface area contributed by atoms with Gasteiger partial charge >= 0.3 is 5.97 Å². The quantitative estimate of drug-likeness (QED) is 0.585. The molecule has 4 aliphatic carbocycles. The molecule has 0 saturated heterocycles. The van der Waals surface area contributed by atoms with Crippen LogP contribution in [0, 0.1) is 22.7 Å². The normalized spacial score (nSPS) is 48.2. The lowest BCUT2D eigenvalue weighted by molar-refractivity contribution is -0.164. The van der Waals surface area contributed by atoms with Crippen LogP contribution < -0.4 is 0 Å². The third-order valence-corrected chi connectivity index (χ3v) is 7.86. The molecule has 4 aliphatic rings. The number of ketones is 1. The van der Waals surface area contributed by atoms with E-state index in [-0.39, 0.29) is 29.2 Å². The molecule has 0 aromatic rings. The van der Waals surface area contributed by atoms with Crippen molar-refractivity contribution in [3.8, 4) is 0 Å². The van der Waals surface area contributed by atoms with E-state index in [2.05, 4.69) is 13.0 Å². The number of aliphatic hydroxyl groups is 1. The van der Waals surface area contributed by atoms with Crippen LogP contribution in [0.1, 0.15) is 59.3 Å². The molecular weight excluding hydrogens is 316 g/mol. The molecule has 1 N–H and O–H groups in total. The van der Waals surface area contributed by atoms with Crippen LogP contribution in [0.5, 0.6) is 0 Å². The predicted molar refractivity (Wildman–Crippen MR) is 93.6 cm³/mol. The van der Waals surface area contributed by atoms with Crippen molar-refractivity contribution < 1.29 is 19.4 Å². The Kier molecular flexibility index (Phi) is 3.60. The number of carbonyl (C=O) groups is 2. The van der Waals surface area contributed by atoms with Crippen LogP contribution in [0.3, 0.4) is 0 Å². The molecule has 0 aliphatic heterocycles. The van der Waals surface area contributed by atoms with E-state index in [0.29, 0.717) is 5.92 Å². The molecule has 0 spiro atoms. The topological polar surface area (TPSA) is 63.6 Å². The van der Waals surface area contributed by atoms with Crippen molar-refractivity contribution in [2.45, 2.75) is 71.0 Å². The van der Waals surface area contributed by atoms with Gasteiger partial charge in [0.25, 0.3) is 0 Å². The number of allylic oxidation sites excluding steroid dienone is 2. The van der Waals surface area contributed by atoms with Gasteiger partial charge in [-0.2, -0.15) is 0 Å². The first-order valence-corrected chi connectivity index (χ1v) is 9.53. The van der Waals surface area contributed by atoms with Crippen LogP contribution >= 0.6 is 0 Å². The highest BCUT2D eigenvalue weighted by molar-refractivity contribution is 5.99. The summed E-state index contributed by atoms with van der Waals surface area (Å²) in [6.45, 7) is 5.72. The Morgan fingerprint density at radius 2 is 2.00 bits per heavy atom. The molecule has 0 bridgehead atoms. The molecule has 4 heteroatoms. The lowest BCUT2D eigenvalue weighted by atomic mass is 9.46. The number of rotatable bonds is 1. The predicted octanol–water partition coefficient (Wildman–Crippen LogP) is 3.34. The molecular formula is C21H28O4. The zero-order valence-electron chi connectivity index (χ0n) is 15.4. The van der Waals surface area contributed by atoms with E-state index < -0.39 is 11.0 Å². The zero-order chi connectivity index (χ0) is 18.0. The third kappa shape index (κ3) is 2.16. The molecule has 2 saturated carbocycles. The Morgan fingerprint density at radius 3 is 2.72 bits per heavy atom. The fraction of sp³-hybridized carbons (Fsp3) is 0.714. The Bertz CT molecular complexity index is 692. The van der Waals surface area contributed by atoms with E-state index in [9.17, 15) is 14.7 Å². The molecule has 0 aromatic carbocycles. The van der Waals surface area contributed by atoms with E-state index in [1.807, 2.05) is 6.92 Å². The fourth-order valence-corrected chi connectivity index (χ4v) is 6.23. The van der Waals surface area contributed by atoms with Gasteiger partial charge < -0.3 is 9.84 Å². The van der Waals surface area contributed by atoms with Crippen molar-refractivity contribution in [3.63, 3.8) is 0 Å². The lowest BCUT2D eigenvalue weighted by Gasteiger charge is -2.59. The summed E-state index contributed by atoms with van der Waals surface area (Å²) < 4.78 is 5.46. The standard InChI is InChI=1S/C21H28O4/c1-13(22)25-15-6-9-19(2)14(12-15)4-5-17-16(19)7-10-20(3)18(23)8-11-21(17,20)24/h4,8,11,15-17,24H,5-7,9-10,12H2,1-3H3/t15-,16-,17+,19-,20+,21-/m0/s1. The second kappa shape index (κ2) is 5.29. The van der Waals surface area contributed by atoms with Gasteiger partial charge in [0.1, 0.15) is 6.10 Å². The van der Waals surface area contributed by atoms with Crippen LogP contribution in [0.15, 0.2) is 23.8 Å². The van der Waals surface area contributed by atoms with Gasteiger partial charge in [-0.3, -0.25) is 9.59 Å². The van der Waals surface area contributed by atoms with Gasteiger partial charge in [0.15, 0.2) is 5.78 Å². The minimum atomic E-state index is -1.02. The Morgan fingerprint density at radius 1 is 1.24 bits per heavy atom. The lowest BCUT2D eigenvalue weighted by Crippen LogP contribution is -2.60. The molecule has 0 amide bonds. The smallest absolute Gasteiger partial charge is 0.302 e. The molecule has 0 aromatic heterocycles. The molecule has 0 unspecified atom stereocenters. The van der Waals surface area contributed by atoms with Crippen molar-refractivity contribution in [3.05, 3.63) is 23.8 Å². The second-order valence-electron chi connectivity index (χ2n) is 8.96. The summed E-state index contributed by atoms with van der Waals surface area (Å²) in [6.07, 6.45) is 10.8. The van der Waals surface area contributed by atoms with Crippen LogP contribution in [0.25, 0.3) is 0 Å². The van der Waals surface area contributed by atoms with Crippen molar-refractivity contribution in [1.29, 1.82) is 0 Å². The zero-order valence-corrected chi connectivity index (χ0v) is 15.4. The molecule has 25 heavy (non-hydrogen) atoms. The number of esters is 1. The summed E-state index contributed by atoms with van der Waals surface area (Å²) in [5.74, 6) is 0.333. The maximum absolute atomic E-state index is 12.4. The van der Waals surface area contributed by atoms with Gasteiger partial charge in [0.2, 0.25) is 0 Å². The molecule has 0 heterocycles. The van der Waals surface area contributed by atoms with Gasteiger partial charge in [-0.05, 0) is 68.4 Å². The van der Waals surface area contributed by atoms with Crippen molar-refractivity contribution >= 4 is 11.8 Å². The number of hydrogen-bond donors (Lipinski definition) is 1. The molecule has 136 valence electrons. The highest BCUT2D eigenvalue weighted by Gasteiger charge is 2.64. The summed E-state index contributed by atoms with van der Waals surface area (Å²) in [6, 6.07) is 0. The Hall–Kier alpha value is -1.42. The van der Waals surface area contributed by atoms with Crippen molar-refractivity contribution in [1.82, 2.24) is 0 Å². The number of hydrogen-bond acceptors (Lipinski definition) is 4. The summed E-state index contributed by atoms with van der Waals surface area (Å²) >= 11 is 0. The number of carbonyl (C=O) groups excluding carboxylic acids is 2. The van der Waals surface area contributed by atoms with Gasteiger partial charge in [-0.1, -0.05) is 18.6 Å². The molecule has 0 radical (unpaired) electrons. The van der Waals surface area contributed by atoms with E-state index in [0.717, 1.165) is 38.5 Å². The van der Waals surface area contributed by atoms with E-state index >= 15 is 0 Å². The van der Waals surface area contributed by atoms with Crippen molar-refractivity contribution in [2.75, 3.05) is 0 Å². The first-order valence-electron chi connectivity index (χ1n) is 9.53. The minimum absolute atomic E-state index is 0.0155.